The Morgan fingerprint density at radius 2 is 1.34 bits per heavy atom. The number of benzene rings is 1. The van der Waals surface area contributed by atoms with Gasteiger partial charge in [-0.1, -0.05) is 62.3 Å². The third-order valence-corrected chi connectivity index (χ3v) is 6.50. The van der Waals surface area contributed by atoms with Crippen molar-refractivity contribution in [2.75, 3.05) is 13.2 Å². The number of allylic oxidation sites excluding steroid dienone is 6. The molecule has 1 atom stereocenters. The van der Waals surface area contributed by atoms with Gasteiger partial charge in [0.1, 0.15) is 6.04 Å². The zero-order valence-corrected chi connectivity index (χ0v) is 25.9. The second kappa shape index (κ2) is 24.4. The van der Waals surface area contributed by atoms with Crippen LogP contribution in [0.1, 0.15) is 96.0 Å². The van der Waals surface area contributed by atoms with Gasteiger partial charge in [0.05, 0.1) is 19.6 Å². The summed E-state index contributed by atoms with van der Waals surface area (Å²) in [6, 6.07) is 2.58. The molecule has 1 aromatic rings. The highest BCUT2D eigenvalue weighted by molar-refractivity contribution is 5.86. The predicted molar refractivity (Wildman–Crippen MR) is 168 cm³/mol. The van der Waals surface area contributed by atoms with E-state index in [-0.39, 0.29) is 44.2 Å². The Bertz CT molecular complexity index is 1090. The zero-order chi connectivity index (χ0) is 32.4. The lowest BCUT2D eigenvalue weighted by atomic mass is 10.0. The predicted octanol–water partition coefficient (Wildman–Crippen LogP) is 6.06. The normalized spacial score (nSPS) is 12.1. The molecule has 1 unspecified atom stereocenters. The van der Waals surface area contributed by atoms with Crippen molar-refractivity contribution in [2.24, 2.45) is 0 Å². The largest absolute Gasteiger partial charge is 0.504 e. The first-order valence-electron chi connectivity index (χ1n) is 15.5. The number of amides is 1. The number of nitrogens with one attached hydrogen (secondary N) is 1. The molecule has 0 aliphatic carbocycles. The average Bonchev–Trinajstić information content (AvgIpc) is 2.99. The summed E-state index contributed by atoms with van der Waals surface area (Å²) in [6.07, 6.45) is 22.5. The van der Waals surface area contributed by atoms with E-state index in [2.05, 4.69) is 48.7 Å². The Morgan fingerprint density at radius 1 is 0.750 bits per heavy atom. The van der Waals surface area contributed by atoms with Crippen LogP contribution in [0, 0.1) is 0 Å². The minimum absolute atomic E-state index is 0.0321. The van der Waals surface area contributed by atoms with E-state index in [0.29, 0.717) is 18.4 Å². The lowest BCUT2D eigenvalue weighted by Crippen LogP contribution is -2.42. The van der Waals surface area contributed by atoms with Crippen LogP contribution in [-0.4, -0.2) is 58.4 Å². The molecule has 1 aromatic carbocycles. The van der Waals surface area contributed by atoms with Crippen molar-refractivity contribution in [1.82, 2.24) is 5.32 Å². The minimum Gasteiger partial charge on any atom is -0.504 e. The van der Waals surface area contributed by atoms with Gasteiger partial charge in [-0.05, 0) is 62.6 Å². The van der Waals surface area contributed by atoms with Gasteiger partial charge in [-0.15, -0.1) is 0 Å². The maximum Gasteiger partial charge on any atom is 0.326 e. The van der Waals surface area contributed by atoms with Crippen LogP contribution in [0.15, 0.2) is 54.7 Å². The number of unbranched alkanes of at least 4 members (excludes halogenated alkanes) is 5. The molecule has 0 aliphatic heterocycles. The molecule has 0 spiro atoms. The van der Waals surface area contributed by atoms with E-state index in [1.807, 2.05) is 0 Å². The molecule has 0 heterocycles. The Hall–Kier alpha value is -4.08. The van der Waals surface area contributed by atoms with Gasteiger partial charge in [0.2, 0.25) is 5.91 Å². The summed E-state index contributed by atoms with van der Waals surface area (Å²) in [5.41, 5.74) is 0.399. The van der Waals surface area contributed by atoms with Gasteiger partial charge in [0, 0.05) is 25.7 Å². The topological polar surface area (TPSA) is 159 Å². The van der Waals surface area contributed by atoms with Crippen molar-refractivity contribution in [1.29, 1.82) is 0 Å². The maximum atomic E-state index is 12.1. The lowest BCUT2D eigenvalue weighted by molar-refractivity contribution is -0.147. The summed E-state index contributed by atoms with van der Waals surface area (Å²) in [5.74, 6) is -3.58. The molecule has 0 saturated carbocycles. The first kappa shape index (κ1) is 37.9. The Labute approximate surface area is 260 Å². The van der Waals surface area contributed by atoms with Crippen LogP contribution >= 0.6 is 0 Å². The monoisotopic (exact) mass is 615 g/mol. The third kappa shape index (κ3) is 19.9. The summed E-state index contributed by atoms with van der Waals surface area (Å²) in [4.78, 5) is 47.4. The number of hydrogen-bond donors (Lipinski definition) is 4. The smallest absolute Gasteiger partial charge is 0.326 e. The molecule has 1 rings (SSSR count). The number of aromatic hydroxyl groups is 2. The van der Waals surface area contributed by atoms with Gasteiger partial charge in [-0.25, -0.2) is 4.79 Å². The van der Waals surface area contributed by atoms with E-state index in [9.17, 15) is 34.5 Å². The van der Waals surface area contributed by atoms with Crippen molar-refractivity contribution in [3.63, 3.8) is 0 Å². The van der Waals surface area contributed by atoms with Gasteiger partial charge in [0.15, 0.2) is 11.5 Å². The second-order valence-corrected chi connectivity index (χ2v) is 10.4. The molecule has 0 aliphatic rings. The Kier molecular flexibility index (Phi) is 21.0. The van der Waals surface area contributed by atoms with Crippen LogP contribution in [0.4, 0.5) is 0 Å². The van der Waals surface area contributed by atoms with Crippen LogP contribution in [0.3, 0.4) is 0 Å². The number of hydrogen-bond acceptors (Lipinski definition) is 8. The quantitative estimate of drug-likeness (QED) is 0.0469. The molecule has 0 radical (unpaired) electrons. The Balaban J connectivity index is 2.06. The highest BCUT2D eigenvalue weighted by Crippen LogP contribution is 2.25. The molecule has 244 valence electrons. The van der Waals surface area contributed by atoms with Gasteiger partial charge >= 0.3 is 17.9 Å². The second-order valence-electron chi connectivity index (χ2n) is 10.4. The Morgan fingerprint density at radius 3 is 1.93 bits per heavy atom. The number of ether oxygens (including phenoxy) is 2. The van der Waals surface area contributed by atoms with Crippen molar-refractivity contribution in [2.45, 2.75) is 103 Å². The van der Waals surface area contributed by atoms with E-state index >= 15 is 0 Å². The standard InChI is InChI=1S/C34H49NO9/c1-2-3-4-5-6-7-8-9-10-11-12-13-14-15-16-18-32(39)43-23-17-24-44-33(40)22-21-31(38)35-28(34(41)42)25-27-19-20-29(36)30(37)26-27/h6-7,9-10,12-13,19-20,26,28,36-37H,2-5,8,11,14-18,21-25H2,1H3,(H,35,38)(H,41,42). The van der Waals surface area contributed by atoms with E-state index in [4.69, 9.17) is 9.47 Å². The number of carbonyl (C=O) groups is 4. The van der Waals surface area contributed by atoms with Gasteiger partial charge in [-0.3, -0.25) is 14.4 Å². The highest BCUT2D eigenvalue weighted by atomic mass is 16.5. The summed E-state index contributed by atoms with van der Waals surface area (Å²) in [6.45, 7) is 2.37. The summed E-state index contributed by atoms with van der Waals surface area (Å²) < 4.78 is 10.2. The number of carboxylic acid groups (broad SMARTS) is 1. The minimum atomic E-state index is -1.28. The number of carbonyl (C=O) groups excluding carboxylic acids is 3. The van der Waals surface area contributed by atoms with Crippen molar-refractivity contribution >= 4 is 23.8 Å². The molecular weight excluding hydrogens is 566 g/mol. The van der Waals surface area contributed by atoms with Crippen LogP contribution in [-0.2, 0) is 35.1 Å². The summed E-state index contributed by atoms with van der Waals surface area (Å²) in [5, 5.41) is 30.6. The first-order valence-corrected chi connectivity index (χ1v) is 15.5. The third-order valence-electron chi connectivity index (χ3n) is 6.50. The molecule has 4 N–H and O–H groups in total. The average molecular weight is 616 g/mol. The van der Waals surface area contributed by atoms with E-state index in [1.165, 1.54) is 37.5 Å². The van der Waals surface area contributed by atoms with Crippen LogP contribution < -0.4 is 5.32 Å². The molecule has 1 amide bonds. The molecule has 10 heteroatoms. The van der Waals surface area contributed by atoms with Crippen molar-refractivity contribution in [3.05, 3.63) is 60.2 Å². The van der Waals surface area contributed by atoms with Crippen molar-refractivity contribution < 1.29 is 44.0 Å². The van der Waals surface area contributed by atoms with E-state index < -0.39 is 29.6 Å². The number of esters is 2. The van der Waals surface area contributed by atoms with E-state index in [1.54, 1.807) is 0 Å². The number of aliphatic carboxylic acids is 1. The molecular formula is C34H49NO9. The highest BCUT2D eigenvalue weighted by Gasteiger charge is 2.21. The fourth-order valence-corrected chi connectivity index (χ4v) is 4.01. The van der Waals surface area contributed by atoms with Gasteiger partial charge < -0.3 is 30.1 Å². The molecule has 0 saturated heterocycles. The summed E-state index contributed by atoms with van der Waals surface area (Å²) in [7, 11) is 0. The number of phenolic OH excluding ortho intramolecular Hbond substituents is 2. The molecule has 0 aromatic heterocycles. The molecule has 44 heavy (non-hydrogen) atoms. The first-order chi connectivity index (χ1) is 21.2. The SMILES string of the molecule is CCCCCC=CCC=CCC=CCCCCC(=O)OCCCOC(=O)CCC(=O)NC(Cc1ccc(O)c(O)c1)C(=O)O. The molecule has 10 nitrogen and oxygen atoms in total. The molecule has 0 fully saturated rings. The maximum absolute atomic E-state index is 12.1. The number of rotatable bonds is 24. The fourth-order valence-electron chi connectivity index (χ4n) is 4.01. The van der Waals surface area contributed by atoms with Gasteiger partial charge in [-0.2, -0.15) is 0 Å². The number of phenols is 2. The zero-order valence-electron chi connectivity index (χ0n) is 25.9. The molecule has 0 bridgehead atoms. The van der Waals surface area contributed by atoms with E-state index in [0.717, 1.165) is 38.5 Å². The van der Waals surface area contributed by atoms with Gasteiger partial charge in [0.25, 0.3) is 0 Å². The van der Waals surface area contributed by atoms with Crippen molar-refractivity contribution in [3.8, 4) is 11.5 Å². The van der Waals surface area contributed by atoms with Crippen LogP contribution in [0.5, 0.6) is 11.5 Å². The summed E-state index contributed by atoms with van der Waals surface area (Å²) >= 11 is 0. The van der Waals surface area contributed by atoms with Crippen LogP contribution in [0.25, 0.3) is 0 Å². The number of carboxylic acids is 1. The fraction of sp³-hybridized carbons (Fsp3) is 0.529. The van der Waals surface area contributed by atoms with Crippen LogP contribution in [0.2, 0.25) is 0 Å². The lowest BCUT2D eigenvalue weighted by Gasteiger charge is -2.15.